The summed E-state index contributed by atoms with van der Waals surface area (Å²) in [5, 5.41) is 16.3. The van der Waals surface area contributed by atoms with Gasteiger partial charge in [-0.05, 0) is 6.42 Å². The van der Waals surface area contributed by atoms with Gasteiger partial charge < -0.3 is 15.9 Å². The zero-order valence-corrected chi connectivity index (χ0v) is 7.06. The molecule has 0 amide bonds. The van der Waals surface area contributed by atoms with Crippen LogP contribution in [0.5, 0.6) is 0 Å². The summed E-state index contributed by atoms with van der Waals surface area (Å²) in [5.74, 6) is -2.20. The Morgan fingerprint density at radius 1 is 1.36 bits per heavy atom. The minimum Gasteiger partial charge on any atom is -0.481 e. The van der Waals surface area contributed by atoms with Crippen LogP contribution in [0, 0.1) is 0 Å². The molecule has 6 heteroatoms. The number of aliphatic carboxylic acids is 2. The van der Waals surface area contributed by atoms with Gasteiger partial charge in [-0.25, -0.2) is 0 Å². The number of hydrogen-bond acceptors (Lipinski definition) is 3. The maximum atomic E-state index is 9.99. The van der Waals surface area contributed by atoms with Crippen LogP contribution in [0.15, 0.2) is 0 Å². The van der Waals surface area contributed by atoms with E-state index in [1.54, 1.807) is 0 Å². The molecule has 69 valence electrons. The molecule has 0 bridgehead atoms. The van der Waals surface area contributed by atoms with E-state index in [9.17, 15) is 9.59 Å². The summed E-state index contributed by atoms with van der Waals surface area (Å²) < 4.78 is 0. The van der Waals surface area contributed by atoms with Crippen molar-refractivity contribution < 1.29 is 42.2 Å². The SMILES string of the molecule is N[C@@H](CCC(=O)O)C(=O)O.[Ag]. The Hall–Kier alpha value is -0.360. The van der Waals surface area contributed by atoms with Crippen molar-refractivity contribution in [1.82, 2.24) is 0 Å². The van der Waals surface area contributed by atoms with Gasteiger partial charge in [-0.1, -0.05) is 0 Å². The number of carbonyl (C=O) groups is 2. The van der Waals surface area contributed by atoms with Gasteiger partial charge in [0, 0.05) is 28.8 Å². The maximum absolute atomic E-state index is 9.99. The largest absolute Gasteiger partial charge is 0.481 e. The first-order valence-electron chi connectivity index (χ1n) is 2.74. The van der Waals surface area contributed by atoms with E-state index in [0.717, 1.165) is 0 Å². The third-order valence-corrected chi connectivity index (χ3v) is 0.986. The first-order valence-corrected chi connectivity index (χ1v) is 2.74. The predicted octanol–water partition coefficient (Wildman–Crippen LogP) is -0.739. The first-order chi connectivity index (χ1) is 4.54. The van der Waals surface area contributed by atoms with E-state index in [4.69, 9.17) is 15.9 Å². The fourth-order valence-electron chi connectivity index (χ4n) is 0.402. The molecule has 4 N–H and O–H groups in total. The van der Waals surface area contributed by atoms with Gasteiger partial charge in [0.1, 0.15) is 6.04 Å². The van der Waals surface area contributed by atoms with Crippen molar-refractivity contribution in [3.8, 4) is 0 Å². The third kappa shape index (κ3) is 7.54. The van der Waals surface area contributed by atoms with Gasteiger partial charge in [0.25, 0.3) is 0 Å². The first kappa shape index (κ1) is 13.2. The standard InChI is InChI=1S/C5H9NO4.Ag/c6-3(5(9)10)1-2-4(7)8;/h3H,1-2,6H2,(H,7,8)(H,9,10);/t3-;/m0./s1. The van der Waals surface area contributed by atoms with Crippen molar-refractivity contribution in [3.63, 3.8) is 0 Å². The second-order valence-electron chi connectivity index (χ2n) is 1.88. The molecular formula is C5H9AgNO4. The van der Waals surface area contributed by atoms with Crippen LogP contribution in [0.4, 0.5) is 0 Å². The zero-order valence-electron chi connectivity index (χ0n) is 5.58. The summed E-state index contributed by atoms with van der Waals surface area (Å²) in [4.78, 5) is 19.9. The molecule has 0 aromatic heterocycles. The van der Waals surface area contributed by atoms with Gasteiger partial charge in [-0.3, -0.25) is 9.59 Å². The molecule has 0 unspecified atom stereocenters. The van der Waals surface area contributed by atoms with Crippen LogP contribution in [-0.2, 0) is 32.0 Å². The van der Waals surface area contributed by atoms with Crippen LogP contribution in [0.1, 0.15) is 12.8 Å². The van der Waals surface area contributed by atoms with Crippen molar-refractivity contribution in [1.29, 1.82) is 0 Å². The summed E-state index contributed by atoms with van der Waals surface area (Å²) in [6.45, 7) is 0. The van der Waals surface area contributed by atoms with Crippen LogP contribution >= 0.6 is 0 Å². The van der Waals surface area contributed by atoms with Crippen LogP contribution in [0.25, 0.3) is 0 Å². The molecule has 0 rings (SSSR count). The molecule has 0 aromatic rings. The Kier molecular flexibility index (Phi) is 7.65. The molecule has 0 saturated carbocycles. The molecule has 0 aliphatic carbocycles. The van der Waals surface area contributed by atoms with Crippen molar-refractivity contribution >= 4 is 11.9 Å². The van der Waals surface area contributed by atoms with E-state index in [-0.39, 0.29) is 35.2 Å². The van der Waals surface area contributed by atoms with Gasteiger partial charge in [0.05, 0.1) is 0 Å². The number of carboxylic acid groups (broad SMARTS) is 2. The van der Waals surface area contributed by atoms with Crippen LogP contribution in [-0.4, -0.2) is 28.2 Å². The maximum Gasteiger partial charge on any atom is 0.320 e. The molecule has 0 aliphatic heterocycles. The average Bonchev–Trinajstić information content (AvgIpc) is 1.82. The van der Waals surface area contributed by atoms with Crippen LogP contribution < -0.4 is 5.73 Å². The summed E-state index contributed by atoms with van der Waals surface area (Å²) in [6, 6.07) is -1.06. The fourth-order valence-corrected chi connectivity index (χ4v) is 0.402. The topological polar surface area (TPSA) is 101 Å². The third-order valence-electron chi connectivity index (χ3n) is 0.986. The second-order valence-corrected chi connectivity index (χ2v) is 1.88. The van der Waals surface area contributed by atoms with E-state index in [2.05, 4.69) is 0 Å². The Bertz CT molecular complexity index is 149. The molecule has 1 radical (unpaired) electrons. The molecule has 0 saturated heterocycles. The molecule has 0 fully saturated rings. The van der Waals surface area contributed by atoms with Crippen LogP contribution in [0.2, 0.25) is 0 Å². The van der Waals surface area contributed by atoms with Crippen molar-refractivity contribution in [2.45, 2.75) is 18.9 Å². The van der Waals surface area contributed by atoms with Gasteiger partial charge in [0.15, 0.2) is 0 Å². The summed E-state index contributed by atoms with van der Waals surface area (Å²) >= 11 is 0. The molecule has 0 heterocycles. The summed E-state index contributed by atoms with van der Waals surface area (Å²) in [7, 11) is 0. The monoisotopic (exact) mass is 254 g/mol. The smallest absolute Gasteiger partial charge is 0.320 e. The number of rotatable bonds is 4. The van der Waals surface area contributed by atoms with Crippen molar-refractivity contribution in [2.75, 3.05) is 0 Å². The Morgan fingerprint density at radius 2 is 1.82 bits per heavy atom. The predicted molar refractivity (Wildman–Crippen MR) is 32.5 cm³/mol. The number of nitrogens with two attached hydrogens (primary N) is 1. The number of hydrogen-bond donors (Lipinski definition) is 3. The molecule has 1 atom stereocenters. The minimum atomic E-state index is -1.17. The van der Waals surface area contributed by atoms with E-state index >= 15 is 0 Å². The molecule has 11 heavy (non-hydrogen) atoms. The van der Waals surface area contributed by atoms with Crippen LogP contribution in [0.3, 0.4) is 0 Å². The van der Waals surface area contributed by atoms with E-state index in [0.29, 0.717) is 0 Å². The normalized spacial score (nSPS) is 11.4. The van der Waals surface area contributed by atoms with E-state index < -0.39 is 18.0 Å². The number of carboxylic acids is 2. The Morgan fingerprint density at radius 3 is 2.09 bits per heavy atom. The van der Waals surface area contributed by atoms with Gasteiger partial charge in [0.2, 0.25) is 0 Å². The molecule has 0 aliphatic rings. The minimum absolute atomic E-state index is 0. The van der Waals surface area contributed by atoms with Gasteiger partial charge in [-0.15, -0.1) is 0 Å². The van der Waals surface area contributed by atoms with E-state index in [1.807, 2.05) is 0 Å². The van der Waals surface area contributed by atoms with E-state index in [1.165, 1.54) is 0 Å². The fraction of sp³-hybridized carbons (Fsp3) is 0.600. The average molecular weight is 255 g/mol. The molecule has 5 nitrogen and oxygen atoms in total. The zero-order chi connectivity index (χ0) is 8.15. The second kappa shape index (κ2) is 6.36. The molecule has 0 spiro atoms. The molecule has 0 aromatic carbocycles. The Balaban J connectivity index is 0. The van der Waals surface area contributed by atoms with Crippen molar-refractivity contribution in [3.05, 3.63) is 0 Å². The summed E-state index contributed by atoms with van der Waals surface area (Å²) in [6.07, 6.45) is -0.224. The molecular weight excluding hydrogens is 246 g/mol. The van der Waals surface area contributed by atoms with Gasteiger partial charge in [-0.2, -0.15) is 0 Å². The summed E-state index contributed by atoms with van der Waals surface area (Å²) in [5.41, 5.74) is 5.00. The van der Waals surface area contributed by atoms with Crippen molar-refractivity contribution in [2.24, 2.45) is 5.73 Å². The Labute approximate surface area is 79.1 Å². The van der Waals surface area contributed by atoms with Gasteiger partial charge >= 0.3 is 11.9 Å². The quantitative estimate of drug-likeness (QED) is 0.574.